The molecule has 0 aliphatic carbocycles. The van der Waals surface area contributed by atoms with Gasteiger partial charge >= 0.3 is 0 Å². The van der Waals surface area contributed by atoms with Crippen molar-refractivity contribution in [1.29, 1.82) is 0 Å². The molecule has 0 fully saturated rings. The lowest BCUT2D eigenvalue weighted by Gasteiger charge is -2.27. The number of carbonyl (C=O) groups excluding carboxylic acids is 1. The maximum Gasteiger partial charge on any atom is 0.255 e. The number of hydrogen-bond acceptors (Lipinski definition) is 6. The minimum atomic E-state index is -0.734. The van der Waals surface area contributed by atoms with Gasteiger partial charge in [-0.2, -0.15) is 5.10 Å². The van der Waals surface area contributed by atoms with Gasteiger partial charge in [0.2, 0.25) is 5.91 Å². The van der Waals surface area contributed by atoms with Crippen molar-refractivity contribution >= 4 is 28.1 Å². The zero-order chi connectivity index (χ0) is 31.4. The number of likely N-dealkylation sites (N-methyl/N-ethyl adjacent to an activating group) is 1. The molecule has 0 saturated heterocycles. The molecule has 2 atom stereocenters. The van der Waals surface area contributed by atoms with Crippen LogP contribution in [0.3, 0.4) is 0 Å². The normalized spacial score (nSPS) is 12.6. The second-order valence-electron chi connectivity index (χ2n) is 11.5. The van der Waals surface area contributed by atoms with Gasteiger partial charge in [0.1, 0.15) is 11.7 Å². The van der Waals surface area contributed by atoms with Gasteiger partial charge < -0.3 is 15.2 Å². The molecule has 0 radical (unpaired) electrons. The number of nitroso groups, excluding NO2 is 1. The maximum atomic E-state index is 14.3. The molecular formula is C35H38N6O3. The monoisotopic (exact) mass is 590 g/mol. The Morgan fingerprint density at radius 1 is 1.09 bits per heavy atom. The summed E-state index contributed by atoms with van der Waals surface area (Å²) in [5, 5.41) is 12.2. The Kier molecular flexibility index (Phi) is 9.04. The second kappa shape index (κ2) is 13.1. The predicted octanol–water partition coefficient (Wildman–Crippen LogP) is 7.35. The number of rotatable bonds is 11. The Hall–Kier alpha value is -5.05. The van der Waals surface area contributed by atoms with E-state index in [1.165, 1.54) is 5.56 Å². The molecule has 5 rings (SSSR count). The Morgan fingerprint density at radius 2 is 1.91 bits per heavy atom. The van der Waals surface area contributed by atoms with Crippen LogP contribution in [0.1, 0.15) is 60.9 Å². The van der Waals surface area contributed by atoms with Gasteiger partial charge in [-0.3, -0.25) is 14.3 Å². The molecule has 5 aromatic rings. The van der Waals surface area contributed by atoms with Crippen LogP contribution in [0.5, 0.6) is 0 Å². The van der Waals surface area contributed by atoms with Gasteiger partial charge in [0.15, 0.2) is 0 Å². The Labute approximate surface area is 256 Å². The number of benzene rings is 3. The van der Waals surface area contributed by atoms with E-state index >= 15 is 0 Å². The first-order valence-corrected chi connectivity index (χ1v) is 14.9. The fourth-order valence-corrected chi connectivity index (χ4v) is 5.96. The summed E-state index contributed by atoms with van der Waals surface area (Å²) in [7, 11) is 3.60. The average molecular weight is 591 g/mol. The zero-order valence-electron chi connectivity index (χ0n) is 25.8. The third-order valence-electron chi connectivity index (χ3n) is 8.29. The van der Waals surface area contributed by atoms with Crippen LogP contribution in [-0.2, 0) is 18.4 Å². The molecule has 1 amide bonds. The minimum Gasteiger partial charge on any atom is -0.370 e. The van der Waals surface area contributed by atoms with E-state index in [2.05, 4.69) is 53.5 Å². The van der Waals surface area contributed by atoms with Crippen molar-refractivity contribution in [3.8, 4) is 11.3 Å². The lowest BCUT2D eigenvalue weighted by atomic mass is 9.90. The third-order valence-corrected chi connectivity index (χ3v) is 8.29. The third kappa shape index (κ3) is 6.32. The summed E-state index contributed by atoms with van der Waals surface area (Å²) >= 11 is 0. The van der Waals surface area contributed by atoms with E-state index in [0.717, 1.165) is 46.2 Å². The number of pyridine rings is 1. The van der Waals surface area contributed by atoms with Crippen molar-refractivity contribution in [2.45, 2.75) is 52.1 Å². The van der Waals surface area contributed by atoms with E-state index in [1.54, 1.807) is 47.2 Å². The lowest BCUT2D eigenvalue weighted by molar-refractivity contribution is -0.131. The summed E-state index contributed by atoms with van der Waals surface area (Å²) in [6.07, 6.45) is 5.51. The van der Waals surface area contributed by atoms with Crippen LogP contribution in [0.2, 0.25) is 0 Å². The Morgan fingerprint density at radius 3 is 2.61 bits per heavy atom. The summed E-state index contributed by atoms with van der Waals surface area (Å²) in [5.74, 6) is 0.247. The van der Waals surface area contributed by atoms with E-state index in [4.69, 9.17) is 0 Å². The van der Waals surface area contributed by atoms with Crippen molar-refractivity contribution in [3.63, 3.8) is 0 Å². The molecule has 2 N–H and O–H groups in total. The van der Waals surface area contributed by atoms with Crippen molar-refractivity contribution in [3.05, 3.63) is 117 Å². The summed E-state index contributed by atoms with van der Waals surface area (Å²) in [6.45, 7) is 6.74. The van der Waals surface area contributed by atoms with Crippen LogP contribution in [0, 0.1) is 11.8 Å². The summed E-state index contributed by atoms with van der Waals surface area (Å²) < 4.78 is 1.75. The molecule has 2 aromatic heterocycles. The van der Waals surface area contributed by atoms with Crippen LogP contribution in [0.15, 0.2) is 89.1 Å². The number of hydrogen-bond donors (Lipinski definition) is 2. The van der Waals surface area contributed by atoms with Crippen molar-refractivity contribution < 1.29 is 4.79 Å². The van der Waals surface area contributed by atoms with Gasteiger partial charge in [-0.25, -0.2) is 0 Å². The molecule has 0 aliphatic rings. The quantitative estimate of drug-likeness (QED) is 0.156. The molecule has 0 bridgehead atoms. The molecule has 2 heterocycles. The highest BCUT2D eigenvalue weighted by Crippen LogP contribution is 2.32. The zero-order valence-corrected chi connectivity index (χ0v) is 25.8. The first-order valence-electron chi connectivity index (χ1n) is 14.9. The second-order valence-corrected chi connectivity index (χ2v) is 11.5. The highest BCUT2D eigenvalue weighted by atomic mass is 16.3. The minimum absolute atomic E-state index is 0.166. The van der Waals surface area contributed by atoms with Crippen LogP contribution >= 0.6 is 0 Å². The fourth-order valence-electron chi connectivity index (χ4n) is 5.96. The van der Waals surface area contributed by atoms with Crippen LogP contribution in [0.25, 0.3) is 22.0 Å². The molecule has 44 heavy (non-hydrogen) atoms. The predicted molar refractivity (Wildman–Crippen MR) is 176 cm³/mol. The molecule has 226 valence electrons. The van der Waals surface area contributed by atoms with Gasteiger partial charge in [-0.15, -0.1) is 4.91 Å². The number of nitrogens with one attached hydrogen (secondary N) is 2. The largest absolute Gasteiger partial charge is 0.370 e. The van der Waals surface area contributed by atoms with E-state index in [9.17, 15) is 14.5 Å². The van der Waals surface area contributed by atoms with E-state index < -0.39 is 6.04 Å². The maximum absolute atomic E-state index is 14.3. The van der Waals surface area contributed by atoms with E-state index in [0.29, 0.717) is 17.0 Å². The number of nitrogens with zero attached hydrogens (tertiary/aromatic N) is 4. The fraction of sp³-hybridized carbons (Fsp3) is 0.286. The lowest BCUT2D eigenvalue weighted by Crippen LogP contribution is -2.35. The first-order chi connectivity index (χ1) is 21.2. The molecule has 1 unspecified atom stereocenters. The summed E-state index contributed by atoms with van der Waals surface area (Å²) in [5.41, 5.74) is 6.47. The highest BCUT2D eigenvalue weighted by molar-refractivity contribution is 5.89. The smallest absolute Gasteiger partial charge is 0.255 e. The number of aryl methyl sites for hydroxylation is 2. The van der Waals surface area contributed by atoms with Crippen molar-refractivity contribution in [1.82, 2.24) is 19.7 Å². The molecule has 0 aliphatic heterocycles. The molecule has 9 nitrogen and oxygen atoms in total. The van der Waals surface area contributed by atoms with Gasteiger partial charge in [0.05, 0.1) is 5.69 Å². The molecular weight excluding hydrogens is 552 g/mol. The SMILES string of the molecule is CCC[C@H](C)c1ccc(C(Nc2ccc3cc[nH]c(=O)c3c2)C(=O)N(C)Cc2cc(N=O)ccc2-c2ccnn2C)cc1C. The van der Waals surface area contributed by atoms with Gasteiger partial charge in [-0.05, 0) is 88.5 Å². The number of H-pyrrole nitrogens is 1. The van der Waals surface area contributed by atoms with Crippen LogP contribution in [-0.4, -0.2) is 32.6 Å². The Bertz CT molecular complexity index is 1870. The highest BCUT2D eigenvalue weighted by Gasteiger charge is 2.26. The van der Waals surface area contributed by atoms with Crippen LogP contribution in [0.4, 0.5) is 11.4 Å². The Balaban J connectivity index is 1.52. The van der Waals surface area contributed by atoms with Crippen molar-refractivity contribution in [2.75, 3.05) is 12.4 Å². The number of anilines is 1. The number of aromatic nitrogens is 3. The van der Waals surface area contributed by atoms with Crippen LogP contribution < -0.4 is 10.9 Å². The average Bonchev–Trinajstić information content (AvgIpc) is 3.45. The molecule has 9 heteroatoms. The van der Waals surface area contributed by atoms with Gasteiger partial charge in [0.25, 0.3) is 5.56 Å². The summed E-state index contributed by atoms with van der Waals surface area (Å²) in [4.78, 5) is 42.7. The van der Waals surface area contributed by atoms with E-state index in [-0.39, 0.29) is 23.7 Å². The topological polar surface area (TPSA) is 112 Å². The first kappa shape index (κ1) is 30.4. The number of amides is 1. The number of fused-ring (bicyclic) bond motifs is 1. The van der Waals surface area contributed by atoms with Gasteiger partial charge in [0, 0.05) is 49.7 Å². The van der Waals surface area contributed by atoms with Crippen molar-refractivity contribution in [2.24, 2.45) is 12.2 Å². The van der Waals surface area contributed by atoms with Gasteiger partial charge in [-0.1, -0.05) is 50.6 Å². The number of carbonyl (C=O) groups is 1. The molecule has 0 spiro atoms. The molecule has 3 aromatic carbocycles. The number of aromatic amines is 1. The molecule has 0 saturated carbocycles. The summed E-state index contributed by atoms with van der Waals surface area (Å²) in [6, 6.07) is 20.0. The van der Waals surface area contributed by atoms with E-state index in [1.807, 2.05) is 43.4 Å². The standard InChI is InChI=1S/C35H38N6O3/c1-6-7-22(2)29-12-9-25(18-23(29)3)33(38-27-10-8-24-14-16-36-34(42)31(24)20-27)35(43)40(4)21-26-19-28(39-44)11-13-30(26)32-15-17-37-41(32)5/h8-20,22,33,38H,6-7,21H2,1-5H3,(H,36,42)/t22-,33?/m0/s1.